The molecule has 2 aromatic carbocycles. The molecule has 0 fully saturated rings. The van der Waals surface area contributed by atoms with Crippen LogP contribution < -0.4 is 9.47 Å². The Labute approximate surface area is 168 Å². The van der Waals surface area contributed by atoms with E-state index in [1.807, 2.05) is 26.0 Å². The van der Waals surface area contributed by atoms with Crippen LogP contribution in [0.1, 0.15) is 58.6 Å². The van der Waals surface area contributed by atoms with Crippen molar-refractivity contribution in [3.05, 3.63) is 47.5 Å². The first-order chi connectivity index (χ1) is 13.2. The molecule has 150 valence electrons. The first kappa shape index (κ1) is 20.2. The number of hydrogen-bond acceptors (Lipinski definition) is 4. The third-order valence-electron chi connectivity index (χ3n) is 4.74. The molecule has 0 spiro atoms. The van der Waals surface area contributed by atoms with Gasteiger partial charge in [-0.2, -0.15) is 0 Å². The topological polar surface area (TPSA) is 40.0 Å². The van der Waals surface area contributed by atoms with Crippen LogP contribution in [0.4, 0.5) is 0 Å². The molecule has 0 N–H and O–H groups in total. The van der Waals surface area contributed by atoms with Gasteiger partial charge in [0.05, 0.1) is 18.8 Å². The Morgan fingerprint density at radius 1 is 0.964 bits per heavy atom. The van der Waals surface area contributed by atoms with Gasteiger partial charge in [0.15, 0.2) is 0 Å². The summed E-state index contributed by atoms with van der Waals surface area (Å²) in [6.07, 6.45) is 0.0736. The van der Waals surface area contributed by atoms with Crippen molar-refractivity contribution in [1.29, 1.82) is 0 Å². The summed E-state index contributed by atoms with van der Waals surface area (Å²) in [7, 11) is 1.71. The normalized spacial score (nSPS) is 15.5. The molecule has 1 aliphatic rings. The fraction of sp³-hybridized carbons (Fsp3) is 0.458. The van der Waals surface area contributed by atoms with Crippen LogP contribution >= 0.6 is 0 Å². The summed E-state index contributed by atoms with van der Waals surface area (Å²) in [4.78, 5) is 4.72. The number of benzene rings is 2. The van der Waals surface area contributed by atoms with E-state index in [0.717, 1.165) is 28.2 Å². The molecule has 0 aliphatic carbocycles. The lowest BCUT2D eigenvalue weighted by Crippen LogP contribution is -2.17. The van der Waals surface area contributed by atoms with Gasteiger partial charge in [0.2, 0.25) is 5.90 Å². The van der Waals surface area contributed by atoms with Crippen molar-refractivity contribution in [1.82, 2.24) is 0 Å². The number of ether oxygens (including phenoxy) is 3. The molecule has 1 heterocycles. The van der Waals surface area contributed by atoms with E-state index in [0.29, 0.717) is 18.4 Å². The summed E-state index contributed by atoms with van der Waals surface area (Å²) in [6.45, 7) is 13.2. The minimum Gasteiger partial charge on any atom is -0.496 e. The Balaban J connectivity index is 2.13. The zero-order chi connectivity index (χ0) is 20.5. The van der Waals surface area contributed by atoms with Gasteiger partial charge in [0.1, 0.15) is 18.1 Å². The van der Waals surface area contributed by atoms with E-state index < -0.39 is 0 Å². The number of hydrogen-bond donors (Lipinski definition) is 0. The molecule has 0 saturated carbocycles. The molecular formula is C24H31NO3. The molecule has 0 unspecified atom stereocenters. The number of methoxy groups -OCH3 is 1. The zero-order valence-corrected chi connectivity index (χ0v) is 18.0. The SMILES string of the molecule is COc1cc(C(C)C)ccc1-c1cc(C2=NC(C)(C)CO2)ccc1OC(C)C. The van der Waals surface area contributed by atoms with Gasteiger partial charge >= 0.3 is 0 Å². The van der Waals surface area contributed by atoms with Crippen molar-refractivity contribution in [2.45, 2.75) is 59.1 Å². The first-order valence-electron chi connectivity index (χ1n) is 9.92. The van der Waals surface area contributed by atoms with Gasteiger partial charge in [-0.1, -0.05) is 26.0 Å². The van der Waals surface area contributed by atoms with Gasteiger partial charge in [-0.25, -0.2) is 4.99 Å². The average Bonchev–Trinajstić information content (AvgIpc) is 3.01. The largest absolute Gasteiger partial charge is 0.496 e. The monoisotopic (exact) mass is 381 g/mol. The Bertz CT molecular complexity index is 881. The maximum Gasteiger partial charge on any atom is 0.216 e. The summed E-state index contributed by atoms with van der Waals surface area (Å²) in [6, 6.07) is 12.5. The van der Waals surface area contributed by atoms with E-state index in [4.69, 9.17) is 19.2 Å². The molecule has 0 saturated heterocycles. The van der Waals surface area contributed by atoms with E-state index in [-0.39, 0.29) is 11.6 Å². The summed E-state index contributed by atoms with van der Waals surface area (Å²) < 4.78 is 17.7. The highest BCUT2D eigenvalue weighted by molar-refractivity contribution is 5.97. The highest BCUT2D eigenvalue weighted by Gasteiger charge is 2.27. The molecule has 4 nitrogen and oxygen atoms in total. The van der Waals surface area contributed by atoms with Crippen LogP contribution in [0, 0.1) is 0 Å². The molecule has 0 amide bonds. The summed E-state index contributed by atoms with van der Waals surface area (Å²) in [5, 5.41) is 0. The Hall–Kier alpha value is -2.49. The molecule has 0 atom stereocenters. The van der Waals surface area contributed by atoms with Crippen LogP contribution in [0.2, 0.25) is 0 Å². The lowest BCUT2D eigenvalue weighted by atomic mass is 9.96. The minimum atomic E-state index is -0.195. The third kappa shape index (κ3) is 4.32. The van der Waals surface area contributed by atoms with Crippen molar-refractivity contribution in [3.8, 4) is 22.6 Å². The quantitative estimate of drug-likeness (QED) is 0.632. The molecule has 0 aromatic heterocycles. The van der Waals surface area contributed by atoms with E-state index in [9.17, 15) is 0 Å². The molecule has 0 bridgehead atoms. The lowest BCUT2D eigenvalue weighted by molar-refractivity contribution is 0.243. The second kappa shape index (κ2) is 7.86. The molecule has 4 heteroatoms. The predicted octanol–water partition coefficient (Wildman–Crippen LogP) is 5.83. The van der Waals surface area contributed by atoms with E-state index in [1.54, 1.807) is 7.11 Å². The van der Waals surface area contributed by atoms with Crippen LogP contribution in [0.25, 0.3) is 11.1 Å². The van der Waals surface area contributed by atoms with Crippen molar-refractivity contribution >= 4 is 5.90 Å². The first-order valence-corrected chi connectivity index (χ1v) is 9.92. The minimum absolute atomic E-state index is 0.0736. The van der Waals surface area contributed by atoms with Gasteiger partial charge in [-0.15, -0.1) is 0 Å². The number of aliphatic imine (C=N–C) groups is 1. The average molecular weight is 382 g/mol. The Kier molecular flexibility index (Phi) is 5.69. The second-order valence-corrected chi connectivity index (χ2v) is 8.51. The third-order valence-corrected chi connectivity index (χ3v) is 4.74. The standard InChI is InChI=1S/C24H31NO3/c1-15(2)17-8-10-19(22(13-17)26-7)20-12-18(9-11-21(20)28-16(3)4)23-25-24(5,6)14-27-23/h8-13,15-16H,14H2,1-7H3. The van der Waals surface area contributed by atoms with Gasteiger partial charge in [0.25, 0.3) is 0 Å². The summed E-state index contributed by atoms with van der Waals surface area (Å²) in [5.41, 5.74) is 3.98. The Morgan fingerprint density at radius 3 is 2.29 bits per heavy atom. The molecule has 1 aliphatic heterocycles. The van der Waals surface area contributed by atoms with Crippen molar-refractivity contribution in [2.24, 2.45) is 4.99 Å². The number of rotatable bonds is 6. The van der Waals surface area contributed by atoms with Crippen LogP contribution in [0.3, 0.4) is 0 Å². The molecular weight excluding hydrogens is 350 g/mol. The van der Waals surface area contributed by atoms with E-state index in [1.165, 1.54) is 5.56 Å². The zero-order valence-electron chi connectivity index (χ0n) is 18.0. The van der Waals surface area contributed by atoms with Crippen LogP contribution in [-0.4, -0.2) is 31.3 Å². The Morgan fingerprint density at radius 2 is 1.71 bits per heavy atom. The molecule has 0 radical (unpaired) electrons. The number of nitrogens with zero attached hydrogens (tertiary/aromatic N) is 1. The maximum atomic E-state index is 6.10. The van der Waals surface area contributed by atoms with Crippen molar-refractivity contribution in [3.63, 3.8) is 0 Å². The highest BCUT2D eigenvalue weighted by atomic mass is 16.5. The fourth-order valence-electron chi connectivity index (χ4n) is 3.25. The van der Waals surface area contributed by atoms with Crippen LogP contribution in [-0.2, 0) is 4.74 Å². The van der Waals surface area contributed by atoms with E-state index >= 15 is 0 Å². The summed E-state index contributed by atoms with van der Waals surface area (Å²) >= 11 is 0. The van der Waals surface area contributed by atoms with Crippen molar-refractivity contribution in [2.75, 3.05) is 13.7 Å². The molecule has 28 heavy (non-hydrogen) atoms. The predicted molar refractivity (Wildman–Crippen MR) is 115 cm³/mol. The summed E-state index contributed by atoms with van der Waals surface area (Å²) in [5.74, 6) is 2.78. The highest BCUT2D eigenvalue weighted by Crippen LogP contribution is 2.39. The van der Waals surface area contributed by atoms with Crippen molar-refractivity contribution < 1.29 is 14.2 Å². The fourth-order valence-corrected chi connectivity index (χ4v) is 3.25. The van der Waals surface area contributed by atoms with Gasteiger partial charge in [-0.3, -0.25) is 0 Å². The van der Waals surface area contributed by atoms with Gasteiger partial charge in [0, 0.05) is 16.7 Å². The van der Waals surface area contributed by atoms with Gasteiger partial charge in [-0.05, 0) is 63.4 Å². The smallest absolute Gasteiger partial charge is 0.216 e. The van der Waals surface area contributed by atoms with E-state index in [2.05, 4.69) is 52.0 Å². The lowest BCUT2D eigenvalue weighted by Gasteiger charge is -2.18. The second-order valence-electron chi connectivity index (χ2n) is 8.51. The van der Waals surface area contributed by atoms with Crippen LogP contribution in [0.15, 0.2) is 41.4 Å². The maximum absolute atomic E-state index is 6.10. The molecule has 2 aromatic rings. The van der Waals surface area contributed by atoms with Gasteiger partial charge < -0.3 is 14.2 Å². The molecule has 3 rings (SSSR count). The van der Waals surface area contributed by atoms with Crippen LogP contribution in [0.5, 0.6) is 11.5 Å².